The molecular weight excluding hydrogens is 446 g/mol. The SMILES string of the molecule is O=C(CN1C(=O)COc2cc(Br)ccc21)N1CCN(c2cccc(Cl)c2)CC1. The van der Waals surface area contributed by atoms with Crippen molar-refractivity contribution in [1.82, 2.24) is 4.90 Å². The highest BCUT2D eigenvalue weighted by atomic mass is 79.9. The van der Waals surface area contributed by atoms with E-state index in [-0.39, 0.29) is 25.0 Å². The van der Waals surface area contributed by atoms with Crippen LogP contribution in [0.4, 0.5) is 11.4 Å². The van der Waals surface area contributed by atoms with Crippen molar-refractivity contribution in [2.45, 2.75) is 0 Å². The molecule has 0 radical (unpaired) electrons. The molecule has 6 nitrogen and oxygen atoms in total. The van der Waals surface area contributed by atoms with Crippen LogP contribution >= 0.6 is 27.5 Å². The van der Waals surface area contributed by atoms with E-state index in [0.29, 0.717) is 29.5 Å². The molecule has 8 heteroatoms. The fraction of sp³-hybridized carbons (Fsp3) is 0.300. The fourth-order valence-corrected chi connectivity index (χ4v) is 4.00. The topological polar surface area (TPSA) is 53.1 Å². The molecule has 0 bridgehead atoms. The number of halogens is 2. The van der Waals surface area contributed by atoms with Gasteiger partial charge in [0.15, 0.2) is 6.61 Å². The second-order valence-corrected chi connectivity index (χ2v) is 8.08. The molecule has 2 amide bonds. The number of ether oxygens (including phenoxy) is 1. The van der Waals surface area contributed by atoms with Crippen LogP contribution in [0.25, 0.3) is 0 Å². The Kier molecular flexibility index (Phi) is 5.46. The molecule has 1 saturated heterocycles. The van der Waals surface area contributed by atoms with Gasteiger partial charge >= 0.3 is 0 Å². The Hall–Kier alpha value is -2.25. The summed E-state index contributed by atoms with van der Waals surface area (Å²) in [4.78, 5) is 30.7. The average Bonchev–Trinajstić information content (AvgIpc) is 2.70. The minimum atomic E-state index is -0.208. The van der Waals surface area contributed by atoms with Gasteiger partial charge in [-0.25, -0.2) is 0 Å². The predicted octanol–water partition coefficient (Wildman–Crippen LogP) is 3.18. The monoisotopic (exact) mass is 463 g/mol. The van der Waals surface area contributed by atoms with Gasteiger partial charge in [0.1, 0.15) is 12.3 Å². The van der Waals surface area contributed by atoms with Crippen molar-refractivity contribution < 1.29 is 14.3 Å². The first kappa shape index (κ1) is 19.1. The molecule has 2 aliphatic rings. The van der Waals surface area contributed by atoms with E-state index >= 15 is 0 Å². The summed E-state index contributed by atoms with van der Waals surface area (Å²) >= 11 is 9.47. The first-order valence-corrected chi connectivity index (χ1v) is 10.2. The van der Waals surface area contributed by atoms with Crippen molar-refractivity contribution in [3.8, 4) is 5.75 Å². The van der Waals surface area contributed by atoms with Gasteiger partial charge in [0.05, 0.1) is 5.69 Å². The van der Waals surface area contributed by atoms with Crippen molar-refractivity contribution in [2.75, 3.05) is 49.1 Å². The summed E-state index contributed by atoms with van der Waals surface area (Å²) in [6, 6.07) is 13.2. The first-order valence-electron chi connectivity index (χ1n) is 9.02. The molecule has 0 aliphatic carbocycles. The van der Waals surface area contributed by atoms with Crippen molar-refractivity contribution in [3.05, 3.63) is 52.0 Å². The van der Waals surface area contributed by atoms with Gasteiger partial charge < -0.3 is 14.5 Å². The van der Waals surface area contributed by atoms with E-state index < -0.39 is 0 Å². The molecule has 0 spiro atoms. The normalized spacial score (nSPS) is 16.6. The third kappa shape index (κ3) is 3.95. The Morgan fingerprint density at radius 1 is 1.11 bits per heavy atom. The standard InChI is InChI=1S/C20H19BrClN3O3/c21-14-4-5-17-18(10-14)28-13-20(27)25(17)12-19(26)24-8-6-23(7-9-24)16-3-1-2-15(22)11-16/h1-5,10-11H,6-9,12-13H2. The maximum Gasteiger partial charge on any atom is 0.265 e. The van der Waals surface area contributed by atoms with Crippen LogP contribution in [-0.4, -0.2) is 56.0 Å². The maximum atomic E-state index is 12.8. The van der Waals surface area contributed by atoms with Crippen LogP contribution in [0.15, 0.2) is 46.9 Å². The van der Waals surface area contributed by atoms with E-state index in [9.17, 15) is 9.59 Å². The van der Waals surface area contributed by atoms with Crippen LogP contribution in [0.5, 0.6) is 5.75 Å². The zero-order valence-corrected chi connectivity index (χ0v) is 17.4. The van der Waals surface area contributed by atoms with Gasteiger partial charge in [0.2, 0.25) is 5.91 Å². The zero-order valence-electron chi connectivity index (χ0n) is 15.1. The molecule has 146 valence electrons. The lowest BCUT2D eigenvalue weighted by atomic mass is 10.2. The number of piperazine rings is 1. The number of amides is 2. The summed E-state index contributed by atoms with van der Waals surface area (Å²) in [5.41, 5.74) is 1.69. The van der Waals surface area contributed by atoms with Crippen LogP contribution in [0, 0.1) is 0 Å². The van der Waals surface area contributed by atoms with Crippen molar-refractivity contribution in [2.24, 2.45) is 0 Å². The lowest BCUT2D eigenvalue weighted by Crippen LogP contribution is -2.53. The molecule has 0 unspecified atom stereocenters. The molecule has 2 aromatic rings. The molecule has 2 heterocycles. The van der Waals surface area contributed by atoms with Crippen molar-refractivity contribution >= 4 is 50.7 Å². The molecule has 0 aromatic heterocycles. The van der Waals surface area contributed by atoms with E-state index in [1.54, 1.807) is 6.07 Å². The van der Waals surface area contributed by atoms with E-state index in [1.165, 1.54) is 4.90 Å². The molecule has 2 aromatic carbocycles. The third-order valence-corrected chi connectivity index (χ3v) is 5.69. The Morgan fingerprint density at radius 2 is 1.89 bits per heavy atom. The van der Waals surface area contributed by atoms with Gasteiger partial charge in [-0.3, -0.25) is 14.5 Å². The molecule has 1 fully saturated rings. The average molecular weight is 465 g/mol. The fourth-order valence-electron chi connectivity index (χ4n) is 3.47. The lowest BCUT2D eigenvalue weighted by Gasteiger charge is -2.37. The third-order valence-electron chi connectivity index (χ3n) is 4.96. The first-order chi connectivity index (χ1) is 13.5. The Balaban J connectivity index is 1.41. The molecule has 4 rings (SSSR count). The molecule has 0 N–H and O–H groups in total. The van der Waals surface area contributed by atoms with Crippen LogP contribution in [-0.2, 0) is 9.59 Å². The number of hydrogen-bond acceptors (Lipinski definition) is 4. The van der Waals surface area contributed by atoms with Gasteiger partial charge in [-0.05, 0) is 36.4 Å². The Bertz CT molecular complexity index is 915. The summed E-state index contributed by atoms with van der Waals surface area (Å²) in [5, 5.41) is 0.701. The Labute approximate surface area is 176 Å². The molecule has 0 atom stereocenters. The van der Waals surface area contributed by atoms with E-state index in [2.05, 4.69) is 20.8 Å². The minimum Gasteiger partial charge on any atom is -0.482 e. The summed E-state index contributed by atoms with van der Waals surface area (Å²) in [7, 11) is 0. The van der Waals surface area contributed by atoms with Gasteiger partial charge in [-0.15, -0.1) is 0 Å². The number of carbonyl (C=O) groups excluding carboxylic acids is 2. The van der Waals surface area contributed by atoms with Crippen LogP contribution in [0.3, 0.4) is 0 Å². The molecule has 28 heavy (non-hydrogen) atoms. The van der Waals surface area contributed by atoms with E-state index in [4.69, 9.17) is 16.3 Å². The van der Waals surface area contributed by atoms with Crippen molar-refractivity contribution in [1.29, 1.82) is 0 Å². The van der Waals surface area contributed by atoms with Crippen LogP contribution < -0.4 is 14.5 Å². The number of rotatable bonds is 3. The lowest BCUT2D eigenvalue weighted by molar-refractivity contribution is -0.132. The highest BCUT2D eigenvalue weighted by Crippen LogP contribution is 2.34. The second kappa shape index (κ2) is 8.01. The van der Waals surface area contributed by atoms with Gasteiger partial charge in [0, 0.05) is 41.4 Å². The number of hydrogen-bond donors (Lipinski definition) is 0. The van der Waals surface area contributed by atoms with Crippen LogP contribution in [0.1, 0.15) is 0 Å². The summed E-state index contributed by atoms with van der Waals surface area (Å²) in [5.74, 6) is 0.336. The predicted molar refractivity (Wildman–Crippen MR) is 112 cm³/mol. The summed E-state index contributed by atoms with van der Waals surface area (Å²) < 4.78 is 6.35. The van der Waals surface area contributed by atoms with Gasteiger partial charge in [-0.1, -0.05) is 33.6 Å². The highest BCUT2D eigenvalue weighted by Gasteiger charge is 2.30. The van der Waals surface area contributed by atoms with Gasteiger partial charge in [-0.2, -0.15) is 0 Å². The quantitative estimate of drug-likeness (QED) is 0.700. The number of benzene rings is 2. The number of anilines is 2. The van der Waals surface area contributed by atoms with Crippen LogP contribution in [0.2, 0.25) is 5.02 Å². The zero-order chi connectivity index (χ0) is 19.7. The van der Waals surface area contributed by atoms with E-state index in [1.807, 2.05) is 41.3 Å². The number of nitrogens with zero attached hydrogens (tertiary/aromatic N) is 3. The number of fused-ring (bicyclic) bond motifs is 1. The van der Waals surface area contributed by atoms with E-state index in [0.717, 1.165) is 23.2 Å². The smallest absolute Gasteiger partial charge is 0.265 e. The summed E-state index contributed by atoms with van der Waals surface area (Å²) in [6.07, 6.45) is 0. The summed E-state index contributed by atoms with van der Waals surface area (Å²) in [6.45, 7) is 2.64. The maximum absolute atomic E-state index is 12.8. The largest absolute Gasteiger partial charge is 0.482 e. The van der Waals surface area contributed by atoms with Gasteiger partial charge in [0.25, 0.3) is 5.91 Å². The molecule has 2 aliphatic heterocycles. The molecule has 0 saturated carbocycles. The molecular formula is C20H19BrClN3O3. The highest BCUT2D eigenvalue weighted by molar-refractivity contribution is 9.10. The van der Waals surface area contributed by atoms with Crippen molar-refractivity contribution in [3.63, 3.8) is 0 Å². The minimum absolute atomic E-state index is 0.0218. The second-order valence-electron chi connectivity index (χ2n) is 6.73. The number of carbonyl (C=O) groups is 2. The Morgan fingerprint density at radius 3 is 2.64 bits per heavy atom.